The van der Waals surface area contributed by atoms with Crippen LogP contribution in [0.2, 0.25) is 0 Å². The van der Waals surface area contributed by atoms with Gasteiger partial charge in [-0.2, -0.15) is 0 Å². The first kappa shape index (κ1) is 20.1. The SMILES string of the molecule is CCCC1(CCC)OC(=O)N(CCC(C)(C)NC(=O)[O-])c2ccccc21. The summed E-state index contributed by atoms with van der Waals surface area (Å²) >= 11 is 0. The fraction of sp³-hybridized carbons (Fsp3) is 0.600. The molecule has 0 unspecified atom stereocenters. The van der Waals surface area contributed by atoms with E-state index in [2.05, 4.69) is 19.2 Å². The van der Waals surface area contributed by atoms with E-state index in [1.807, 2.05) is 24.3 Å². The number of cyclic esters (lactones) is 1. The quantitative estimate of drug-likeness (QED) is 0.768. The number of anilines is 1. The van der Waals surface area contributed by atoms with E-state index in [0.29, 0.717) is 13.0 Å². The first-order valence-electron chi connectivity index (χ1n) is 9.34. The summed E-state index contributed by atoms with van der Waals surface area (Å²) in [5.41, 5.74) is 0.617. The molecule has 1 aromatic carbocycles. The fourth-order valence-corrected chi connectivity index (χ4v) is 3.72. The van der Waals surface area contributed by atoms with Crippen molar-refractivity contribution in [2.45, 2.75) is 70.9 Å². The molecule has 0 fully saturated rings. The third kappa shape index (κ3) is 4.29. The maximum absolute atomic E-state index is 12.8. The topological polar surface area (TPSA) is 81.7 Å². The highest BCUT2D eigenvalue weighted by molar-refractivity contribution is 5.91. The standard InChI is InChI=1S/C20H30N2O4/c1-5-11-20(12-6-2)15-9-7-8-10-16(15)22(18(25)26-20)14-13-19(3,4)21-17(23)24/h7-10,21H,5-6,11-14H2,1-4H3,(H,23,24)/p-1. The van der Waals surface area contributed by atoms with Crippen LogP contribution in [0.25, 0.3) is 0 Å². The summed E-state index contributed by atoms with van der Waals surface area (Å²) in [5.74, 6) is 0. The number of ether oxygens (including phenoxy) is 1. The minimum atomic E-state index is -1.32. The van der Waals surface area contributed by atoms with E-state index >= 15 is 0 Å². The zero-order chi connectivity index (χ0) is 19.4. The van der Waals surface area contributed by atoms with Crippen LogP contribution >= 0.6 is 0 Å². The minimum Gasteiger partial charge on any atom is -0.530 e. The maximum Gasteiger partial charge on any atom is 0.415 e. The van der Waals surface area contributed by atoms with E-state index in [1.165, 1.54) is 0 Å². The molecule has 2 rings (SSSR count). The van der Waals surface area contributed by atoms with Crippen LogP contribution in [0.4, 0.5) is 15.3 Å². The summed E-state index contributed by atoms with van der Waals surface area (Å²) in [6.07, 6.45) is 2.17. The lowest BCUT2D eigenvalue weighted by Gasteiger charge is -2.43. The smallest absolute Gasteiger partial charge is 0.415 e. The monoisotopic (exact) mass is 361 g/mol. The zero-order valence-corrected chi connectivity index (χ0v) is 16.1. The number of nitrogens with zero attached hydrogens (tertiary/aromatic N) is 1. The lowest BCUT2D eigenvalue weighted by molar-refractivity contribution is -0.252. The van der Waals surface area contributed by atoms with E-state index in [4.69, 9.17) is 4.74 Å². The number of nitrogens with one attached hydrogen (secondary N) is 1. The molecule has 1 aromatic rings. The van der Waals surface area contributed by atoms with Gasteiger partial charge in [0, 0.05) is 17.6 Å². The Morgan fingerprint density at radius 1 is 1.23 bits per heavy atom. The van der Waals surface area contributed by atoms with Gasteiger partial charge in [0.25, 0.3) is 0 Å². The second-order valence-corrected chi connectivity index (χ2v) is 7.58. The average Bonchev–Trinajstić information content (AvgIpc) is 2.54. The lowest BCUT2D eigenvalue weighted by atomic mass is 9.82. The van der Waals surface area contributed by atoms with Crippen LogP contribution in [0.5, 0.6) is 0 Å². The summed E-state index contributed by atoms with van der Waals surface area (Å²) in [6, 6.07) is 7.86. The summed E-state index contributed by atoms with van der Waals surface area (Å²) in [7, 11) is 0. The van der Waals surface area contributed by atoms with Crippen LogP contribution in [0.1, 0.15) is 65.4 Å². The van der Waals surface area contributed by atoms with Crippen molar-refractivity contribution in [1.29, 1.82) is 0 Å². The lowest BCUT2D eigenvalue weighted by Crippen LogP contribution is -2.52. The van der Waals surface area contributed by atoms with Crippen molar-refractivity contribution < 1.29 is 19.4 Å². The van der Waals surface area contributed by atoms with Crippen LogP contribution in [0.3, 0.4) is 0 Å². The molecular weight excluding hydrogens is 332 g/mol. The van der Waals surface area contributed by atoms with E-state index in [0.717, 1.165) is 36.9 Å². The Kier molecular flexibility index (Phi) is 6.16. The van der Waals surface area contributed by atoms with Gasteiger partial charge in [0.1, 0.15) is 11.7 Å². The Bertz CT molecular complexity index is 651. The molecule has 144 valence electrons. The number of fused-ring (bicyclic) bond motifs is 1. The predicted molar refractivity (Wildman–Crippen MR) is 99.0 cm³/mol. The van der Waals surface area contributed by atoms with E-state index in [1.54, 1.807) is 18.7 Å². The van der Waals surface area contributed by atoms with Crippen molar-refractivity contribution in [3.63, 3.8) is 0 Å². The van der Waals surface area contributed by atoms with Crippen LogP contribution in [0, 0.1) is 0 Å². The summed E-state index contributed by atoms with van der Waals surface area (Å²) < 4.78 is 5.98. The van der Waals surface area contributed by atoms with Gasteiger partial charge in [0.2, 0.25) is 0 Å². The van der Waals surface area contributed by atoms with Crippen LogP contribution < -0.4 is 15.3 Å². The van der Waals surface area contributed by atoms with Gasteiger partial charge >= 0.3 is 6.09 Å². The number of carbonyl (C=O) groups is 2. The van der Waals surface area contributed by atoms with Crippen LogP contribution in [0.15, 0.2) is 24.3 Å². The molecule has 1 aliphatic heterocycles. The molecule has 1 aliphatic rings. The van der Waals surface area contributed by atoms with Gasteiger partial charge in [-0.3, -0.25) is 4.90 Å². The Labute approximate surface area is 155 Å². The molecule has 1 N–H and O–H groups in total. The molecule has 2 amide bonds. The highest BCUT2D eigenvalue weighted by Crippen LogP contribution is 2.45. The summed E-state index contributed by atoms with van der Waals surface area (Å²) in [5, 5.41) is 13.2. The molecule has 0 aromatic heterocycles. The van der Waals surface area contributed by atoms with Crippen molar-refractivity contribution in [3.8, 4) is 0 Å². The van der Waals surface area contributed by atoms with Crippen molar-refractivity contribution in [2.24, 2.45) is 0 Å². The summed E-state index contributed by atoms with van der Waals surface area (Å²) in [4.78, 5) is 25.3. The van der Waals surface area contributed by atoms with Crippen molar-refractivity contribution in [2.75, 3.05) is 11.4 Å². The van der Waals surface area contributed by atoms with Crippen molar-refractivity contribution in [1.82, 2.24) is 5.32 Å². The molecule has 6 heteroatoms. The van der Waals surface area contributed by atoms with Gasteiger partial charge in [-0.05, 0) is 39.2 Å². The predicted octanol–water partition coefficient (Wildman–Crippen LogP) is 3.54. The normalized spacial score (nSPS) is 16.0. The van der Waals surface area contributed by atoms with Crippen molar-refractivity contribution >= 4 is 17.9 Å². The number of rotatable bonds is 8. The van der Waals surface area contributed by atoms with Gasteiger partial charge in [-0.15, -0.1) is 0 Å². The highest BCUT2D eigenvalue weighted by Gasteiger charge is 2.43. The first-order valence-corrected chi connectivity index (χ1v) is 9.34. The van der Waals surface area contributed by atoms with E-state index < -0.39 is 17.2 Å². The molecule has 6 nitrogen and oxygen atoms in total. The number of para-hydroxylation sites is 1. The second kappa shape index (κ2) is 7.98. The largest absolute Gasteiger partial charge is 0.530 e. The summed E-state index contributed by atoms with van der Waals surface area (Å²) in [6.45, 7) is 8.07. The molecular formula is C20H29N2O4-. The Balaban J connectivity index is 2.31. The van der Waals surface area contributed by atoms with Gasteiger partial charge in [-0.1, -0.05) is 44.9 Å². The molecule has 0 aliphatic carbocycles. The molecule has 26 heavy (non-hydrogen) atoms. The molecule has 0 atom stereocenters. The Hall–Kier alpha value is -2.24. The van der Waals surface area contributed by atoms with E-state index in [9.17, 15) is 14.7 Å². The third-order valence-corrected chi connectivity index (χ3v) is 4.90. The molecule has 0 spiro atoms. The number of benzene rings is 1. The van der Waals surface area contributed by atoms with Gasteiger partial charge in [0.05, 0.1) is 5.69 Å². The molecule has 0 saturated heterocycles. The molecule has 0 saturated carbocycles. The Morgan fingerprint density at radius 2 is 1.85 bits per heavy atom. The van der Waals surface area contributed by atoms with Crippen LogP contribution in [-0.2, 0) is 10.3 Å². The van der Waals surface area contributed by atoms with Gasteiger partial charge < -0.3 is 20.0 Å². The second-order valence-electron chi connectivity index (χ2n) is 7.58. The molecule has 0 radical (unpaired) electrons. The highest BCUT2D eigenvalue weighted by atomic mass is 16.6. The number of amides is 2. The van der Waals surface area contributed by atoms with Crippen molar-refractivity contribution in [3.05, 3.63) is 29.8 Å². The third-order valence-electron chi connectivity index (χ3n) is 4.90. The van der Waals surface area contributed by atoms with Gasteiger partial charge in [-0.25, -0.2) is 4.79 Å². The zero-order valence-electron chi connectivity index (χ0n) is 16.1. The number of carbonyl (C=O) groups excluding carboxylic acids is 2. The number of hydrogen-bond acceptors (Lipinski definition) is 4. The first-order chi connectivity index (χ1) is 12.2. The fourth-order valence-electron chi connectivity index (χ4n) is 3.72. The minimum absolute atomic E-state index is 0.359. The number of carboxylic acid groups (broad SMARTS) is 1. The average molecular weight is 361 g/mol. The maximum atomic E-state index is 12.8. The van der Waals surface area contributed by atoms with Gasteiger partial charge in [0.15, 0.2) is 0 Å². The number of hydrogen-bond donors (Lipinski definition) is 1. The molecule has 1 heterocycles. The molecule has 0 bridgehead atoms. The van der Waals surface area contributed by atoms with E-state index in [-0.39, 0.29) is 6.09 Å². The Morgan fingerprint density at radius 3 is 2.42 bits per heavy atom. The van der Waals surface area contributed by atoms with Crippen LogP contribution in [-0.4, -0.2) is 24.3 Å².